The second kappa shape index (κ2) is 6.70. The molecule has 1 unspecified atom stereocenters. The van der Waals surface area contributed by atoms with Crippen molar-refractivity contribution in [1.82, 2.24) is 15.4 Å². The lowest BCUT2D eigenvalue weighted by Crippen LogP contribution is -2.37. The number of nitrogens with one attached hydrogen (secondary N) is 1. The van der Waals surface area contributed by atoms with Gasteiger partial charge in [0.05, 0.1) is 5.25 Å². The lowest BCUT2D eigenvalue weighted by Gasteiger charge is -2.14. The van der Waals surface area contributed by atoms with Crippen molar-refractivity contribution < 1.29 is 4.79 Å². The number of carbonyl (C=O) groups is 1. The number of amides is 1. The Bertz CT molecular complexity index is 413. The zero-order chi connectivity index (χ0) is 13.7. The molecule has 1 atom stereocenters. The van der Waals surface area contributed by atoms with Crippen LogP contribution in [-0.4, -0.2) is 21.1 Å². The molecule has 1 aromatic rings. The fourth-order valence-corrected chi connectivity index (χ4v) is 2.68. The van der Waals surface area contributed by atoms with E-state index in [1.54, 1.807) is 0 Å². The first-order valence-corrected chi connectivity index (χ1v) is 6.86. The summed E-state index contributed by atoms with van der Waals surface area (Å²) in [6, 6.07) is 0. The molecule has 1 rings (SSSR count). The van der Waals surface area contributed by atoms with Gasteiger partial charge in [-0.05, 0) is 32.8 Å². The molecule has 0 aliphatic heterocycles. The normalized spacial score (nSPS) is 12.3. The lowest BCUT2D eigenvalue weighted by molar-refractivity contribution is -0.120. The van der Waals surface area contributed by atoms with E-state index < -0.39 is 0 Å². The van der Waals surface area contributed by atoms with Crippen molar-refractivity contribution in [2.75, 3.05) is 0 Å². The molecule has 1 amide bonds. The minimum absolute atomic E-state index is 0.179. The number of nitrogens with two attached hydrogens (primary N) is 1. The Morgan fingerprint density at radius 1 is 1.33 bits per heavy atom. The minimum atomic E-state index is -0.235. The molecule has 1 heterocycles. The summed E-state index contributed by atoms with van der Waals surface area (Å²) < 4.78 is 0. The minimum Gasteiger partial charge on any atom is -0.293 e. The summed E-state index contributed by atoms with van der Waals surface area (Å²) in [6.07, 6.45) is 1.66. The maximum Gasteiger partial charge on any atom is 0.247 e. The molecule has 3 N–H and O–H groups in total. The summed E-state index contributed by atoms with van der Waals surface area (Å²) in [4.78, 5) is 20.4. The molecule has 1 aromatic heterocycles. The fraction of sp³-hybridized carbons (Fsp3) is 0.583. The van der Waals surface area contributed by atoms with Gasteiger partial charge in [0.2, 0.25) is 5.91 Å². The third-order valence-electron chi connectivity index (χ3n) is 2.85. The molecule has 0 saturated heterocycles. The Morgan fingerprint density at radius 3 is 2.33 bits per heavy atom. The monoisotopic (exact) mass is 268 g/mol. The second-order valence-electron chi connectivity index (χ2n) is 4.21. The van der Waals surface area contributed by atoms with Crippen LogP contribution in [0, 0.1) is 20.8 Å². The van der Waals surface area contributed by atoms with Crippen molar-refractivity contribution in [2.24, 2.45) is 5.84 Å². The van der Waals surface area contributed by atoms with Crippen LogP contribution >= 0.6 is 11.8 Å². The van der Waals surface area contributed by atoms with Crippen LogP contribution in [0.5, 0.6) is 0 Å². The first-order valence-electron chi connectivity index (χ1n) is 5.98. The van der Waals surface area contributed by atoms with Gasteiger partial charge in [0.15, 0.2) is 5.16 Å². The van der Waals surface area contributed by atoms with E-state index in [0.29, 0.717) is 5.16 Å². The van der Waals surface area contributed by atoms with E-state index in [2.05, 4.69) is 15.4 Å². The van der Waals surface area contributed by atoms with Crippen LogP contribution in [-0.2, 0) is 4.79 Å². The Kier molecular flexibility index (Phi) is 5.55. The summed E-state index contributed by atoms with van der Waals surface area (Å²) in [5, 5.41) is 0.402. The summed E-state index contributed by atoms with van der Waals surface area (Å²) in [5.41, 5.74) is 5.19. The molecule has 0 aliphatic carbocycles. The summed E-state index contributed by atoms with van der Waals surface area (Å²) in [7, 11) is 0. The lowest BCUT2D eigenvalue weighted by atomic mass is 10.2. The highest BCUT2D eigenvalue weighted by molar-refractivity contribution is 8.00. The number of thioether (sulfide) groups is 1. The van der Waals surface area contributed by atoms with Crippen molar-refractivity contribution >= 4 is 17.7 Å². The summed E-state index contributed by atoms with van der Waals surface area (Å²) in [6.45, 7) is 7.93. The van der Waals surface area contributed by atoms with Gasteiger partial charge in [-0.1, -0.05) is 25.1 Å². The molecule has 18 heavy (non-hydrogen) atoms. The largest absolute Gasteiger partial charge is 0.293 e. The number of aromatic nitrogens is 2. The number of hydrazine groups is 1. The van der Waals surface area contributed by atoms with Crippen molar-refractivity contribution in [3.8, 4) is 0 Å². The van der Waals surface area contributed by atoms with Crippen molar-refractivity contribution in [1.29, 1.82) is 0 Å². The van der Waals surface area contributed by atoms with Crippen LogP contribution in [0.25, 0.3) is 0 Å². The highest BCUT2D eigenvalue weighted by atomic mass is 32.2. The first-order chi connectivity index (χ1) is 8.49. The van der Waals surface area contributed by atoms with Crippen LogP contribution in [0.15, 0.2) is 5.16 Å². The number of aryl methyl sites for hydroxylation is 2. The van der Waals surface area contributed by atoms with Crippen molar-refractivity contribution in [3.05, 3.63) is 17.0 Å². The van der Waals surface area contributed by atoms with Crippen molar-refractivity contribution in [3.63, 3.8) is 0 Å². The summed E-state index contributed by atoms with van der Waals surface area (Å²) >= 11 is 1.37. The van der Waals surface area contributed by atoms with E-state index in [9.17, 15) is 4.79 Å². The molecule has 0 radical (unpaired) electrons. The molecule has 0 saturated carbocycles. The molecule has 0 fully saturated rings. The number of carbonyl (C=O) groups excluding carboxylic acids is 1. The average molecular weight is 268 g/mol. The predicted octanol–water partition coefficient (Wildman–Crippen LogP) is 1.65. The van der Waals surface area contributed by atoms with E-state index in [4.69, 9.17) is 5.84 Å². The van der Waals surface area contributed by atoms with Crippen molar-refractivity contribution in [2.45, 2.75) is 50.9 Å². The van der Waals surface area contributed by atoms with E-state index >= 15 is 0 Å². The van der Waals surface area contributed by atoms with Crippen LogP contribution in [0.1, 0.15) is 36.7 Å². The van der Waals surface area contributed by atoms with Gasteiger partial charge in [-0.2, -0.15) is 0 Å². The van der Waals surface area contributed by atoms with Crippen LogP contribution in [0.2, 0.25) is 0 Å². The quantitative estimate of drug-likeness (QED) is 0.279. The maximum atomic E-state index is 11.6. The van der Waals surface area contributed by atoms with Gasteiger partial charge in [-0.3, -0.25) is 10.2 Å². The molecule has 0 aliphatic rings. The topological polar surface area (TPSA) is 80.9 Å². The Labute approximate surface area is 112 Å². The van der Waals surface area contributed by atoms with Gasteiger partial charge < -0.3 is 0 Å². The molecule has 5 nitrogen and oxygen atoms in total. The van der Waals surface area contributed by atoms with Gasteiger partial charge >= 0.3 is 0 Å². The standard InChI is InChI=1S/C12H20N4OS/c1-5-6-10(11(17)16-13)18-12-14-8(3)7(2)9(4)15-12/h10H,5-6,13H2,1-4H3,(H,16,17). The van der Waals surface area contributed by atoms with Gasteiger partial charge in [-0.25, -0.2) is 15.8 Å². The average Bonchev–Trinajstić information content (AvgIpc) is 2.34. The molecule has 100 valence electrons. The smallest absolute Gasteiger partial charge is 0.247 e. The molecular formula is C12H20N4OS. The first kappa shape index (κ1) is 14.9. The molecule has 0 spiro atoms. The van der Waals surface area contributed by atoms with Crippen LogP contribution < -0.4 is 11.3 Å². The van der Waals surface area contributed by atoms with E-state index in [-0.39, 0.29) is 11.2 Å². The Morgan fingerprint density at radius 2 is 1.89 bits per heavy atom. The van der Waals surface area contributed by atoms with Gasteiger partial charge in [-0.15, -0.1) is 0 Å². The highest BCUT2D eigenvalue weighted by Crippen LogP contribution is 2.24. The molecule has 0 bridgehead atoms. The highest BCUT2D eigenvalue weighted by Gasteiger charge is 2.20. The third-order valence-corrected chi connectivity index (χ3v) is 3.97. The Hall–Kier alpha value is -1.14. The molecule has 0 aromatic carbocycles. The third kappa shape index (κ3) is 3.68. The van der Waals surface area contributed by atoms with E-state index in [0.717, 1.165) is 29.8 Å². The maximum absolute atomic E-state index is 11.6. The molecule has 6 heteroatoms. The summed E-state index contributed by atoms with van der Waals surface area (Å²) in [5.74, 6) is 5.01. The number of hydrogen-bond donors (Lipinski definition) is 2. The van der Waals surface area contributed by atoms with E-state index in [1.165, 1.54) is 11.8 Å². The van der Waals surface area contributed by atoms with Gasteiger partial charge in [0, 0.05) is 11.4 Å². The van der Waals surface area contributed by atoms with Crippen LogP contribution in [0.3, 0.4) is 0 Å². The van der Waals surface area contributed by atoms with Gasteiger partial charge in [0.1, 0.15) is 0 Å². The number of hydrogen-bond acceptors (Lipinski definition) is 5. The van der Waals surface area contributed by atoms with E-state index in [1.807, 2.05) is 27.7 Å². The Balaban J connectivity index is 2.90. The SMILES string of the molecule is CCCC(Sc1nc(C)c(C)c(C)n1)C(=O)NN. The predicted molar refractivity (Wildman–Crippen MR) is 73.1 cm³/mol. The number of nitrogens with zero attached hydrogens (tertiary/aromatic N) is 2. The van der Waals surface area contributed by atoms with Crippen LogP contribution in [0.4, 0.5) is 0 Å². The molecular weight excluding hydrogens is 248 g/mol. The zero-order valence-electron chi connectivity index (χ0n) is 11.3. The number of rotatable bonds is 5. The second-order valence-corrected chi connectivity index (χ2v) is 5.38. The zero-order valence-corrected chi connectivity index (χ0v) is 12.1. The fourth-order valence-electron chi connectivity index (χ4n) is 1.52. The van der Waals surface area contributed by atoms with Gasteiger partial charge in [0.25, 0.3) is 0 Å².